The minimum absolute atomic E-state index is 0.0967. The lowest BCUT2D eigenvalue weighted by molar-refractivity contribution is -0.132. The summed E-state index contributed by atoms with van der Waals surface area (Å²) in [4.78, 5) is 16.0. The van der Waals surface area contributed by atoms with E-state index in [2.05, 4.69) is 10.2 Å². The van der Waals surface area contributed by atoms with Crippen molar-refractivity contribution in [2.45, 2.75) is 25.8 Å². The van der Waals surface area contributed by atoms with E-state index in [4.69, 9.17) is 4.74 Å². The van der Waals surface area contributed by atoms with Crippen molar-refractivity contribution in [3.05, 3.63) is 0 Å². The van der Waals surface area contributed by atoms with Gasteiger partial charge >= 0.3 is 0 Å². The van der Waals surface area contributed by atoms with Crippen LogP contribution >= 0.6 is 0 Å². The lowest BCUT2D eigenvalue weighted by Gasteiger charge is -2.21. The highest BCUT2D eigenvalue weighted by Gasteiger charge is 2.22. The zero-order chi connectivity index (χ0) is 13.4. The molecule has 0 bridgehead atoms. The smallest absolute Gasteiger partial charge is 0.239 e. The molecule has 1 unspecified atom stereocenters. The maximum Gasteiger partial charge on any atom is 0.239 e. The lowest BCUT2D eigenvalue weighted by Crippen LogP contribution is -2.44. The van der Waals surface area contributed by atoms with E-state index >= 15 is 0 Å². The quantitative estimate of drug-likeness (QED) is 0.629. The Balaban J connectivity index is 2.02. The Hall–Kier alpha value is -0.650. The first-order chi connectivity index (χ1) is 8.61. The molecule has 1 atom stereocenters. The average Bonchev–Trinajstić information content (AvgIpc) is 2.85. The van der Waals surface area contributed by atoms with E-state index in [9.17, 15) is 4.79 Å². The van der Waals surface area contributed by atoms with Crippen molar-refractivity contribution in [1.82, 2.24) is 15.1 Å². The molecule has 5 nitrogen and oxygen atoms in total. The molecular formula is C13H27N3O2. The number of carbonyl (C=O) groups excluding carboxylic acids is 1. The van der Waals surface area contributed by atoms with Crippen LogP contribution in [0, 0.1) is 0 Å². The number of nitrogens with one attached hydrogen (secondary N) is 1. The molecule has 1 N–H and O–H groups in total. The number of ether oxygens (including phenoxy) is 1. The average molecular weight is 257 g/mol. The highest BCUT2D eigenvalue weighted by atomic mass is 16.5. The summed E-state index contributed by atoms with van der Waals surface area (Å²) in [5, 5.41) is 3.22. The molecule has 1 amide bonds. The van der Waals surface area contributed by atoms with Crippen molar-refractivity contribution in [3.8, 4) is 0 Å². The maximum absolute atomic E-state index is 12.0. The van der Waals surface area contributed by atoms with Gasteiger partial charge in [-0.25, -0.2) is 0 Å². The van der Waals surface area contributed by atoms with Gasteiger partial charge in [-0.05, 0) is 33.9 Å². The van der Waals surface area contributed by atoms with Gasteiger partial charge in [0.05, 0.1) is 19.3 Å². The van der Waals surface area contributed by atoms with E-state index in [1.54, 1.807) is 0 Å². The molecule has 0 aromatic carbocycles. The second-order valence-electron chi connectivity index (χ2n) is 5.12. The number of likely N-dealkylation sites (N-methyl/N-ethyl adjacent to an activating group) is 1. The van der Waals surface area contributed by atoms with E-state index in [1.165, 1.54) is 0 Å². The molecule has 1 aliphatic heterocycles. The van der Waals surface area contributed by atoms with Gasteiger partial charge in [0.1, 0.15) is 0 Å². The fourth-order valence-electron chi connectivity index (χ4n) is 2.00. The molecule has 1 fully saturated rings. The number of likely N-dealkylation sites (tertiary alicyclic amines) is 1. The number of nitrogens with zero attached hydrogens (tertiary/aromatic N) is 2. The molecule has 0 spiro atoms. The molecule has 18 heavy (non-hydrogen) atoms. The van der Waals surface area contributed by atoms with Crippen LogP contribution in [0.4, 0.5) is 0 Å². The van der Waals surface area contributed by atoms with Crippen LogP contribution in [0.15, 0.2) is 0 Å². The van der Waals surface area contributed by atoms with E-state index in [1.807, 2.05) is 25.9 Å². The van der Waals surface area contributed by atoms with Gasteiger partial charge in [0, 0.05) is 26.2 Å². The summed E-state index contributed by atoms with van der Waals surface area (Å²) in [6.07, 6.45) is 2.29. The van der Waals surface area contributed by atoms with Gasteiger partial charge in [-0.1, -0.05) is 0 Å². The topological polar surface area (TPSA) is 44.8 Å². The first kappa shape index (κ1) is 15.4. The molecular weight excluding hydrogens is 230 g/mol. The molecule has 106 valence electrons. The van der Waals surface area contributed by atoms with Crippen LogP contribution in [-0.2, 0) is 9.53 Å². The Kier molecular flexibility index (Phi) is 7.23. The molecule has 0 aliphatic carbocycles. The number of carbonyl (C=O) groups is 1. The first-order valence-corrected chi connectivity index (χ1v) is 6.86. The van der Waals surface area contributed by atoms with E-state index < -0.39 is 0 Å². The highest BCUT2D eigenvalue weighted by Crippen LogP contribution is 2.08. The third-order valence-corrected chi connectivity index (χ3v) is 3.17. The fourth-order valence-corrected chi connectivity index (χ4v) is 2.00. The summed E-state index contributed by atoms with van der Waals surface area (Å²) in [5.41, 5.74) is 0. The van der Waals surface area contributed by atoms with Crippen LogP contribution in [0.5, 0.6) is 0 Å². The first-order valence-electron chi connectivity index (χ1n) is 6.86. The van der Waals surface area contributed by atoms with Gasteiger partial charge in [-0.15, -0.1) is 0 Å². The fraction of sp³-hybridized carbons (Fsp3) is 0.923. The number of hydrogen-bond donors (Lipinski definition) is 1. The zero-order valence-electron chi connectivity index (χ0n) is 11.9. The predicted molar refractivity (Wildman–Crippen MR) is 72.7 cm³/mol. The monoisotopic (exact) mass is 257 g/mol. The molecule has 0 radical (unpaired) electrons. The molecule has 0 saturated carbocycles. The van der Waals surface area contributed by atoms with Crippen molar-refractivity contribution in [2.75, 3.05) is 53.5 Å². The summed E-state index contributed by atoms with van der Waals surface area (Å²) < 4.78 is 5.47. The summed E-state index contributed by atoms with van der Waals surface area (Å²) in [6.45, 7) is 6.83. The summed E-state index contributed by atoms with van der Waals surface area (Å²) in [7, 11) is 4.05. The van der Waals surface area contributed by atoms with Crippen molar-refractivity contribution in [3.63, 3.8) is 0 Å². The number of hydrogen-bond acceptors (Lipinski definition) is 4. The number of amides is 1. The largest absolute Gasteiger partial charge is 0.379 e. The highest BCUT2D eigenvalue weighted by molar-refractivity contribution is 5.81. The van der Waals surface area contributed by atoms with Gasteiger partial charge in [-0.3, -0.25) is 4.79 Å². The lowest BCUT2D eigenvalue weighted by atomic mass is 10.3. The predicted octanol–water partition coefficient (Wildman–Crippen LogP) is 0.165. The van der Waals surface area contributed by atoms with E-state index in [0.29, 0.717) is 6.61 Å². The molecule has 1 rings (SSSR count). The molecule has 0 aromatic rings. The Morgan fingerprint density at radius 2 is 2.00 bits per heavy atom. The number of rotatable bonds is 8. The van der Waals surface area contributed by atoms with Crippen LogP contribution < -0.4 is 5.32 Å². The van der Waals surface area contributed by atoms with E-state index in [0.717, 1.165) is 45.6 Å². The van der Waals surface area contributed by atoms with Crippen molar-refractivity contribution in [2.24, 2.45) is 0 Å². The van der Waals surface area contributed by atoms with Crippen LogP contribution in [0.3, 0.4) is 0 Å². The third-order valence-electron chi connectivity index (χ3n) is 3.17. The Morgan fingerprint density at radius 1 is 1.33 bits per heavy atom. The standard InChI is InChI=1S/C13H27N3O2/c1-12(13(17)16-7-4-5-8-16)14-6-10-18-11-9-15(2)3/h12,14H,4-11H2,1-3H3. The molecule has 1 aliphatic rings. The van der Waals surface area contributed by atoms with Crippen LogP contribution in [0.25, 0.3) is 0 Å². The second kappa shape index (κ2) is 8.45. The minimum Gasteiger partial charge on any atom is -0.379 e. The van der Waals surface area contributed by atoms with Crippen molar-refractivity contribution >= 4 is 5.91 Å². The molecule has 1 heterocycles. The summed E-state index contributed by atoms with van der Waals surface area (Å²) in [5.74, 6) is 0.223. The van der Waals surface area contributed by atoms with E-state index in [-0.39, 0.29) is 11.9 Å². The summed E-state index contributed by atoms with van der Waals surface area (Å²) in [6, 6.07) is -0.0967. The van der Waals surface area contributed by atoms with Gasteiger partial charge in [0.25, 0.3) is 0 Å². The Labute approximate surface area is 110 Å². The minimum atomic E-state index is -0.0967. The van der Waals surface area contributed by atoms with Gasteiger partial charge in [-0.2, -0.15) is 0 Å². The zero-order valence-corrected chi connectivity index (χ0v) is 11.9. The molecule has 5 heteroatoms. The van der Waals surface area contributed by atoms with Gasteiger partial charge in [0.15, 0.2) is 0 Å². The van der Waals surface area contributed by atoms with Gasteiger partial charge in [0.2, 0.25) is 5.91 Å². The Morgan fingerprint density at radius 3 is 2.61 bits per heavy atom. The van der Waals surface area contributed by atoms with Crippen LogP contribution in [0.1, 0.15) is 19.8 Å². The van der Waals surface area contributed by atoms with Crippen LogP contribution in [0.2, 0.25) is 0 Å². The van der Waals surface area contributed by atoms with Crippen LogP contribution in [-0.4, -0.2) is 75.2 Å². The third kappa shape index (κ3) is 5.80. The van der Waals surface area contributed by atoms with Crippen molar-refractivity contribution < 1.29 is 9.53 Å². The molecule has 1 saturated heterocycles. The van der Waals surface area contributed by atoms with Crippen molar-refractivity contribution in [1.29, 1.82) is 0 Å². The Bertz CT molecular complexity index is 240. The molecule has 0 aromatic heterocycles. The SMILES string of the molecule is CC(NCCOCCN(C)C)C(=O)N1CCCC1. The van der Waals surface area contributed by atoms with Gasteiger partial charge < -0.3 is 19.9 Å². The second-order valence-corrected chi connectivity index (χ2v) is 5.12. The normalized spacial score (nSPS) is 17.4. The maximum atomic E-state index is 12.0. The summed E-state index contributed by atoms with van der Waals surface area (Å²) >= 11 is 0.